The van der Waals surface area contributed by atoms with Gasteiger partial charge in [-0.25, -0.2) is 18.1 Å². The van der Waals surface area contributed by atoms with Gasteiger partial charge in [-0.05, 0) is 44.0 Å². The van der Waals surface area contributed by atoms with Crippen LogP contribution in [0, 0.1) is 6.92 Å². The number of hydrogen-bond acceptors (Lipinski definition) is 7. The van der Waals surface area contributed by atoms with E-state index in [1.165, 1.54) is 23.5 Å². The van der Waals surface area contributed by atoms with Gasteiger partial charge in [-0.1, -0.05) is 29.8 Å². The van der Waals surface area contributed by atoms with Gasteiger partial charge in [0, 0.05) is 12.6 Å². The lowest BCUT2D eigenvalue weighted by Gasteiger charge is -2.16. The second-order valence-corrected chi connectivity index (χ2v) is 9.70. The Bertz CT molecular complexity index is 1090. The predicted octanol–water partition coefficient (Wildman–Crippen LogP) is 2.04. The Labute approximate surface area is 179 Å². The Hall–Kier alpha value is -2.53. The summed E-state index contributed by atoms with van der Waals surface area (Å²) in [5, 5.41) is 11.0. The maximum atomic E-state index is 12.3. The molecule has 2 unspecified atom stereocenters. The Morgan fingerprint density at radius 3 is 2.63 bits per heavy atom. The van der Waals surface area contributed by atoms with Gasteiger partial charge >= 0.3 is 0 Å². The molecule has 0 aliphatic carbocycles. The van der Waals surface area contributed by atoms with Gasteiger partial charge in [0.1, 0.15) is 11.1 Å². The van der Waals surface area contributed by atoms with Crippen molar-refractivity contribution >= 4 is 37.5 Å². The number of rotatable bonds is 8. The number of guanidine groups is 1. The first-order valence-corrected chi connectivity index (χ1v) is 11.7. The summed E-state index contributed by atoms with van der Waals surface area (Å²) in [4.78, 5) is 8.59. The van der Waals surface area contributed by atoms with Crippen LogP contribution in [-0.2, 0) is 10.0 Å². The van der Waals surface area contributed by atoms with E-state index in [1.807, 2.05) is 31.2 Å². The molecular weight excluding hydrogens is 422 g/mol. The van der Waals surface area contributed by atoms with Crippen LogP contribution < -0.4 is 16.2 Å². The highest BCUT2D eigenvalue weighted by Gasteiger charge is 2.20. The molecule has 0 aliphatic heterocycles. The third-order valence-electron chi connectivity index (χ3n) is 4.52. The van der Waals surface area contributed by atoms with Crippen LogP contribution >= 0.6 is 11.3 Å². The van der Waals surface area contributed by atoms with Crippen LogP contribution in [0.5, 0.6) is 0 Å². The molecule has 6 N–H and O–H groups in total. The maximum Gasteiger partial charge on any atom is 0.264 e. The highest BCUT2D eigenvalue weighted by atomic mass is 32.2. The molecule has 0 spiro atoms. The standard InChI is InChI=1S/C20H25N5O3S2/c1-13-8-10-14(11-9-13)30(27,28)25-20(22)23-12-4-5-15(21)18(26)19-24-16-6-2-3-7-17(16)29-19/h2-3,6-11,15,18,26H,4-5,12,21H2,1H3,(H3,22,23,25). The number of sulfonamides is 1. The minimum atomic E-state index is -3.77. The average molecular weight is 448 g/mol. The summed E-state index contributed by atoms with van der Waals surface area (Å²) in [6.45, 7) is 2.15. The van der Waals surface area contributed by atoms with E-state index >= 15 is 0 Å². The Balaban J connectivity index is 1.50. The van der Waals surface area contributed by atoms with Crippen molar-refractivity contribution in [3.05, 3.63) is 59.1 Å². The molecule has 2 aromatic carbocycles. The number of nitrogens with one attached hydrogen (secondary N) is 1. The van der Waals surface area contributed by atoms with Gasteiger partial charge in [0.25, 0.3) is 10.0 Å². The summed E-state index contributed by atoms with van der Waals surface area (Å²) >= 11 is 1.42. The maximum absolute atomic E-state index is 12.3. The van der Waals surface area contributed by atoms with Gasteiger partial charge in [-0.15, -0.1) is 11.3 Å². The van der Waals surface area contributed by atoms with Crippen molar-refractivity contribution < 1.29 is 13.5 Å². The first-order valence-electron chi connectivity index (χ1n) is 9.45. The first-order chi connectivity index (χ1) is 14.3. The van der Waals surface area contributed by atoms with E-state index in [0.717, 1.165) is 15.8 Å². The lowest BCUT2D eigenvalue weighted by molar-refractivity contribution is 0.141. The van der Waals surface area contributed by atoms with Crippen LogP contribution in [-0.4, -0.2) is 37.1 Å². The molecule has 1 aromatic heterocycles. The fourth-order valence-corrected chi connectivity index (χ4v) is 4.81. The largest absolute Gasteiger partial charge is 0.384 e. The van der Waals surface area contributed by atoms with Crippen molar-refractivity contribution in [3.8, 4) is 0 Å². The SMILES string of the molecule is Cc1ccc(S(=O)(=O)NC(N)=NCCCC(N)C(O)c2nc3ccccc3s2)cc1. The van der Waals surface area contributed by atoms with Gasteiger partial charge < -0.3 is 16.6 Å². The Morgan fingerprint density at radius 1 is 1.23 bits per heavy atom. The lowest BCUT2D eigenvalue weighted by Crippen LogP contribution is -2.37. The van der Waals surface area contributed by atoms with Crippen LogP contribution in [0.15, 0.2) is 58.4 Å². The third kappa shape index (κ3) is 5.54. The molecule has 0 bridgehead atoms. The molecule has 30 heavy (non-hydrogen) atoms. The van der Waals surface area contributed by atoms with E-state index < -0.39 is 22.2 Å². The summed E-state index contributed by atoms with van der Waals surface area (Å²) in [5.74, 6) is -0.184. The Kier molecular flexibility index (Phi) is 7.03. The van der Waals surface area contributed by atoms with Crippen LogP contribution in [0.2, 0.25) is 0 Å². The molecule has 0 aliphatic rings. The van der Waals surface area contributed by atoms with Crippen molar-refractivity contribution in [2.24, 2.45) is 16.5 Å². The number of fused-ring (bicyclic) bond motifs is 1. The van der Waals surface area contributed by atoms with Crippen LogP contribution in [0.25, 0.3) is 10.2 Å². The molecular formula is C20H25N5O3S2. The summed E-state index contributed by atoms with van der Waals surface area (Å²) in [6.07, 6.45) is 0.151. The van der Waals surface area contributed by atoms with E-state index in [9.17, 15) is 13.5 Å². The number of aliphatic hydroxyl groups excluding tert-OH is 1. The predicted molar refractivity (Wildman–Crippen MR) is 120 cm³/mol. The van der Waals surface area contributed by atoms with Crippen LogP contribution in [0.1, 0.15) is 29.5 Å². The molecule has 0 saturated carbocycles. The molecule has 0 amide bonds. The van der Waals surface area contributed by atoms with Crippen molar-refractivity contribution in [2.75, 3.05) is 6.54 Å². The monoisotopic (exact) mass is 447 g/mol. The molecule has 0 saturated heterocycles. The number of para-hydroxylation sites is 1. The molecule has 2 atom stereocenters. The van der Waals surface area contributed by atoms with Crippen molar-refractivity contribution in [3.63, 3.8) is 0 Å². The quantitative estimate of drug-likeness (QED) is 0.236. The average Bonchev–Trinajstić information content (AvgIpc) is 3.14. The van der Waals surface area contributed by atoms with Crippen molar-refractivity contribution in [1.82, 2.24) is 9.71 Å². The Morgan fingerprint density at radius 2 is 1.93 bits per heavy atom. The molecule has 3 aromatic rings. The zero-order chi connectivity index (χ0) is 21.7. The minimum absolute atomic E-state index is 0.118. The van der Waals surface area contributed by atoms with Gasteiger partial charge in [0.15, 0.2) is 0 Å². The summed E-state index contributed by atoms with van der Waals surface area (Å²) < 4.78 is 27.8. The van der Waals surface area contributed by atoms with E-state index in [1.54, 1.807) is 12.1 Å². The lowest BCUT2D eigenvalue weighted by atomic mass is 10.1. The van der Waals surface area contributed by atoms with Crippen LogP contribution in [0.3, 0.4) is 0 Å². The molecule has 160 valence electrons. The highest BCUT2D eigenvalue weighted by Crippen LogP contribution is 2.28. The highest BCUT2D eigenvalue weighted by molar-refractivity contribution is 7.90. The van der Waals surface area contributed by atoms with Crippen molar-refractivity contribution in [1.29, 1.82) is 0 Å². The molecule has 10 heteroatoms. The molecule has 0 radical (unpaired) electrons. The third-order valence-corrected chi connectivity index (χ3v) is 6.99. The first kappa shape index (κ1) is 22.2. The number of nitrogens with zero attached hydrogens (tertiary/aromatic N) is 2. The molecule has 3 rings (SSSR count). The number of aliphatic hydroxyl groups is 1. The number of aryl methyl sites for hydroxylation is 1. The van der Waals surface area contributed by atoms with E-state index in [2.05, 4.69) is 14.7 Å². The van der Waals surface area contributed by atoms with Gasteiger partial charge in [-0.3, -0.25) is 4.99 Å². The number of aromatic nitrogens is 1. The van der Waals surface area contributed by atoms with Gasteiger partial charge in [-0.2, -0.15) is 0 Å². The number of benzene rings is 2. The smallest absolute Gasteiger partial charge is 0.264 e. The van der Waals surface area contributed by atoms with E-state index in [-0.39, 0.29) is 17.4 Å². The zero-order valence-corrected chi connectivity index (χ0v) is 18.2. The van der Waals surface area contributed by atoms with E-state index in [0.29, 0.717) is 17.8 Å². The van der Waals surface area contributed by atoms with Crippen molar-refractivity contribution in [2.45, 2.75) is 36.8 Å². The summed E-state index contributed by atoms with van der Waals surface area (Å²) in [7, 11) is -3.77. The second kappa shape index (κ2) is 9.52. The summed E-state index contributed by atoms with van der Waals surface area (Å²) in [6, 6.07) is 13.6. The minimum Gasteiger partial charge on any atom is -0.384 e. The molecule has 1 heterocycles. The summed E-state index contributed by atoms with van der Waals surface area (Å²) in [5.41, 5.74) is 13.6. The van der Waals surface area contributed by atoms with Crippen LogP contribution in [0.4, 0.5) is 0 Å². The number of thiazole rings is 1. The van der Waals surface area contributed by atoms with Gasteiger partial charge in [0.05, 0.1) is 15.1 Å². The van der Waals surface area contributed by atoms with Gasteiger partial charge in [0.2, 0.25) is 5.96 Å². The van der Waals surface area contributed by atoms with E-state index in [4.69, 9.17) is 11.5 Å². The molecule has 0 fully saturated rings. The normalized spacial score (nSPS) is 14.6. The fourth-order valence-electron chi connectivity index (χ4n) is 2.83. The topological polar surface area (TPSA) is 144 Å². The number of aliphatic imine (C=N–C) groups is 1. The second-order valence-electron chi connectivity index (χ2n) is 6.96. The molecule has 8 nitrogen and oxygen atoms in total. The number of hydrogen-bond donors (Lipinski definition) is 4. The fraction of sp³-hybridized carbons (Fsp3) is 0.300. The zero-order valence-electron chi connectivity index (χ0n) is 16.5. The number of nitrogens with two attached hydrogens (primary N) is 2.